The summed E-state index contributed by atoms with van der Waals surface area (Å²) in [5, 5.41) is 0. The van der Waals surface area contributed by atoms with Gasteiger partial charge in [-0.3, -0.25) is 0 Å². The van der Waals surface area contributed by atoms with E-state index < -0.39 is 0 Å². The molecule has 1 heteroatoms. The van der Waals surface area contributed by atoms with E-state index in [1.165, 1.54) is 0 Å². The van der Waals surface area contributed by atoms with E-state index in [-0.39, 0.29) is 5.92 Å². The molecule has 0 unspecified atom stereocenters. The van der Waals surface area contributed by atoms with E-state index in [4.69, 9.17) is 0 Å². The highest BCUT2D eigenvalue weighted by atomic mass is 16.1. The fraction of sp³-hybridized carbons (Fsp3) is 0.364. The van der Waals surface area contributed by atoms with Gasteiger partial charge in [-0.05, 0) is 6.42 Å². The first-order valence-corrected chi connectivity index (χ1v) is 4.26. The van der Waals surface area contributed by atoms with Gasteiger partial charge in [0, 0.05) is 5.92 Å². The first-order chi connectivity index (χ1) is 5.81. The predicted octanol–water partition coefficient (Wildman–Crippen LogP) is 2.92. The van der Waals surface area contributed by atoms with E-state index >= 15 is 0 Å². The predicted molar refractivity (Wildman–Crippen MR) is 52.0 cm³/mol. The van der Waals surface area contributed by atoms with Gasteiger partial charge in [0.25, 0.3) is 0 Å². The van der Waals surface area contributed by atoms with Gasteiger partial charge in [0.1, 0.15) is 6.29 Å². The summed E-state index contributed by atoms with van der Waals surface area (Å²) in [4.78, 5) is 9.74. The van der Waals surface area contributed by atoms with Crippen molar-refractivity contribution in [2.24, 2.45) is 5.92 Å². The first kappa shape index (κ1) is 10.9. The second-order valence-corrected chi connectivity index (χ2v) is 2.68. The van der Waals surface area contributed by atoms with E-state index in [1.54, 1.807) is 0 Å². The quantitative estimate of drug-likeness (QED) is 0.614. The van der Waals surface area contributed by atoms with Crippen LogP contribution in [0, 0.1) is 5.92 Å². The van der Waals surface area contributed by atoms with Crippen molar-refractivity contribution < 1.29 is 4.79 Å². The molecule has 1 aromatic rings. The summed E-state index contributed by atoms with van der Waals surface area (Å²) in [6, 6.07) is 12.0. The Morgan fingerprint density at radius 1 is 1.08 bits per heavy atom. The van der Waals surface area contributed by atoms with E-state index in [0.29, 0.717) is 0 Å². The standard InChI is InChI=1S/C6H6.C5H10O/c1-2-4-6-5-3-1;1-3-5(2)4-6/h1-6H;4-5H,3H2,1-2H3/t;5-/m.1/s1. The van der Waals surface area contributed by atoms with Crippen LogP contribution in [-0.2, 0) is 4.79 Å². The SMILES string of the molecule is CC[C@@H](C)C=O.c1ccccc1. The lowest BCUT2D eigenvalue weighted by atomic mass is 10.2. The minimum Gasteiger partial charge on any atom is -0.303 e. The third-order valence-corrected chi connectivity index (χ3v) is 1.54. The molecule has 66 valence electrons. The summed E-state index contributed by atoms with van der Waals surface area (Å²) in [6.45, 7) is 3.91. The summed E-state index contributed by atoms with van der Waals surface area (Å²) in [7, 11) is 0. The van der Waals surface area contributed by atoms with Gasteiger partial charge in [-0.15, -0.1) is 0 Å². The van der Waals surface area contributed by atoms with Crippen LogP contribution in [0.2, 0.25) is 0 Å². The molecule has 0 saturated heterocycles. The molecule has 0 aromatic heterocycles. The highest BCUT2D eigenvalue weighted by molar-refractivity contribution is 5.52. The largest absolute Gasteiger partial charge is 0.303 e. The van der Waals surface area contributed by atoms with Crippen LogP contribution >= 0.6 is 0 Å². The number of rotatable bonds is 2. The van der Waals surface area contributed by atoms with Crippen LogP contribution in [-0.4, -0.2) is 6.29 Å². The molecule has 1 aromatic carbocycles. The smallest absolute Gasteiger partial charge is 0.122 e. The number of carbonyl (C=O) groups is 1. The lowest BCUT2D eigenvalue weighted by Gasteiger charge is -1.89. The number of hydrogen-bond donors (Lipinski definition) is 0. The van der Waals surface area contributed by atoms with Crippen molar-refractivity contribution in [1.29, 1.82) is 0 Å². The summed E-state index contributed by atoms with van der Waals surface area (Å²) >= 11 is 0. The van der Waals surface area contributed by atoms with Gasteiger partial charge in [-0.2, -0.15) is 0 Å². The fourth-order valence-electron chi connectivity index (χ4n) is 0.481. The molecule has 0 N–H and O–H groups in total. The lowest BCUT2D eigenvalue weighted by molar-refractivity contribution is -0.110. The molecule has 0 aliphatic heterocycles. The molecule has 12 heavy (non-hydrogen) atoms. The van der Waals surface area contributed by atoms with E-state index in [0.717, 1.165) is 12.7 Å². The molecule has 0 saturated carbocycles. The molecule has 1 nitrogen and oxygen atoms in total. The Bertz CT molecular complexity index is 155. The Kier molecular flexibility index (Phi) is 7.25. The summed E-state index contributed by atoms with van der Waals surface area (Å²) < 4.78 is 0. The molecule has 0 heterocycles. The van der Waals surface area contributed by atoms with Gasteiger partial charge in [0.2, 0.25) is 0 Å². The van der Waals surface area contributed by atoms with E-state index in [1.807, 2.05) is 50.2 Å². The number of carbonyl (C=O) groups excluding carboxylic acids is 1. The van der Waals surface area contributed by atoms with E-state index in [2.05, 4.69) is 0 Å². The Labute approximate surface area is 74.4 Å². The maximum Gasteiger partial charge on any atom is 0.122 e. The van der Waals surface area contributed by atoms with Crippen molar-refractivity contribution in [1.82, 2.24) is 0 Å². The normalized spacial score (nSPS) is 10.8. The molecule has 0 fully saturated rings. The first-order valence-electron chi connectivity index (χ1n) is 4.26. The number of hydrogen-bond acceptors (Lipinski definition) is 1. The highest BCUT2D eigenvalue weighted by Crippen LogP contribution is 1.91. The van der Waals surface area contributed by atoms with Crippen molar-refractivity contribution in [3.63, 3.8) is 0 Å². The van der Waals surface area contributed by atoms with Crippen molar-refractivity contribution in [3.8, 4) is 0 Å². The van der Waals surface area contributed by atoms with Crippen molar-refractivity contribution in [3.05, 3.63) is 36.4 Å². The summed E-state index contributed by atoms with van der Waals surface area (Å²) in [5.74, 6) is 0.255. The third-order valence-electron chi connectivity index (χ3n) is 1.54. The minimum absolute atomic E-state index is 0.255. The van der Waals surface area contributed by atoms with Crippen molar-refractivity contribution in [2.75, 3.05) is 0 Å². The Morgan fingerprint density at radius 2 is 1.42 bits per heavy atom. The van der Waals surface area contributed by atoms with Crippen molar-refractivity contribution in [2.45, 2.75) is 20.3 Å². The van der Waals surface area contributed by atoms with Crippen molar-refractivity contribution >= 4 is 6.29 Å². The Morgan fingerprint density at radius 3 is 1.50 bits per heavy atom. The molecular formula is C11H16O. The van der Waals surface area contributed by atoms with Gasteiger partial charge in [-0.1, -0.05) is 50.2 Å². The molecule has 0 aliphatic carbocycles. The molecule has 0 amide bonds. The van der Waals surface area contributed by atoms with Crippen LogP contribution in [0.25, 0.3) is 0 Å². The Balaban J connectivity index is 0.000000202. The van der Waals surface area contributed by atoms with Gasteiger partial charge in [-0.25, -0.2) is 0 Å². The monoisotopic (exact) mass is 164 g/mol. The fourth-order valence-corrected chi connectivity index (χ4v) is 0.481. The average Bonchev–Trinajstić information content (AvgIpc) is 2.20. The van der Waals surface area contributed by atoms with Gasteiger partial charge >= 0.3 is 0 Å². The second-order valence-electron chi connectivity index (χ2n) is 2.68. The minimum atomic E-state index is 0.255. The topological polar surface area (TPSA) is 17.1 Å². The summed E-state index contributed by atoms with van der Waals surface area (Å²) in [5.41, 5.74) is 0. The molecule has 1 rings (SSSR count). The van der Waals surface area contributed by atoms with Crippen LogP contribution in [0.1, 0.15) is 20.3 Å². The maximum atomic E-state index is 9.74. The molecule has 0 radical (unpaired) electrons. The zero-order valence-corrected chi connectivity index (χ0v) is 7.73. The second kappa shape index (κ2) is 7.99. The van der Waals surface area contributed by atoms with E-state index in [9.17, 15) is 4.79 Å². The maximum absolute atomic E-state index is 9.74. The number of aldehydes is 1. The highest BCUT2D eigenvalue weighted by Gasteiger charge is 1.89. The van der Waals surface area contributed by atoms with Gasteiger partial charge in [0.15, 0.2) is 0 Å². The third kappa shape index (κ3) is 7.00. The lowest BCUT2D eigenvalue weighted by Crippen LogP contribution is -1.89. The van der Waals surface area contributed by atoms with Gasteiger partial charge in [0.05, 0.1) is 0 Å². The van der Waals surface area contributed by atoms with Crippen LogP contribution in [0.15, 0.2) is 36.4 Å². The van der Waals surface area contributed by atoms with Gasteiger partial charge < -0.3 is 4.79 Å². The zero-order chi connectivity index (χ0) is 9.23. The summed E-state index contributed by atoms with van der Waals surface area (Å²) in [6.07, 6.45) is 1.93. The van der Waals surface area contributed by atoms with Crippen LogP contribution in [0.4, 0.5) is 0 Å². The van der Waals surface area contributed by atoms with Crippen LogP contribution < -0.4 is 0 Å². The molecule has 0 spiro atoms. The Hall–Kier alpha value is -1.11. The molecule has 0 bridgehead atoms. The molecule has 0 aliphatic rings. The van der Waals surface area contributed by atoms with Crippen LogP contribution in [0.5, 0.6) is 0 Å². The van der Waals surface area contributed by atoms with Crippen LogP contribution in [0.3, 0.4) is 0 Å². The molecular weight excluding hydrogens is 148 g/mol. The number of benzene rings is 1. The zero-order valence-electron chi connectivity index (χ0n) is 7.73. The average molecular weight is 164 g/mol. The molecule has 1 atom stereocenters.